The van der Waals surface area contributed by atoms with Crippen molar-refractivity contribution in [2.75, 3.05) is 27.9 Å². The molecule has 3 aromatic carbocycles. The van der Waals surface area contributed by atoms with Gasteiger partial charge in [-0.15, -0.1) is 11.8 Å². The first kappa shape index (κ1) is 21.7. The maximum absolute atomic E-state index is 14.4. The van der Waals surface area contributed by atoms with E-state index in [2.05, 4.69) is 10.6 Å². The summed E-state index contributed by atoms with van der Waals surface area (Å²) in [5.41, 5.74) is 2.24. The summed E-state index contributed by atoms with van der Waals surface area (Å²) in [6, 6.07) is 20.1. The van der Waals surface area contributed by atoms with Crippen molar-refractivity contribution in [2.45, 2.75) is 12.3 Å². The van der Waals surface area contributed by atoms with Crippen molar-refractivity contribution >= 4 is 40.8 Å². The van der Waals surface area contributed by atoms with Crippen LogP contribution >= 0.6 is 11.8 Å². The van der Waals surface area contributed by atoms with Crippen LogP contribution in [0.2, 0.25) is 0 Å². The average molecular weight is 452 g/mol. The summed E-state index contributed by atoms with van der Waals surface area (Å²) in [6.07, 6.45) is 0. The number of urea groups is 1. The molecule has 0 bridgehead atoms. The van der Waals surface area contributed by atoms with E-state index in [1.807, 2.05) is 13.0 Å². The van der Waals surface area contributed by atoms with E-state index in [0.29, 0.717) is 18.0 Å². The second kappa shape index (κ2) is 9.74. The van der Waals surface area contributed by atoms with Crippen LogP contribution in [0, 0.1) is 5.82 Å². The zero-order chi connectivity index (χ0) is 22.5. The predicted molar refractivity (Wildman–Crippen MR) is 126 cm³/mol. The Labute approximate surface area is 189 Å². The van der Waals surface area contributed by atoms with Crippen LogP contribution in [0.5, 0.6) is 5.75 Å². The second-order valence-electron chi connectivity index (χ2n) is 7.04. The van der Waals surface area contributed by atoms with Gasteiger partial charge in [-0.1, -0.05) is 24.3 Å². The number of halogens is 1. The summed E-state index contributed by atoms with van der Waals surface area (Å²) in [6.45, 7) is 2.48. The van der Waals surface area contributed by atoms with Gasteiger partial charge in [0.05, 0.1) is 18.0 Å². The van der Waals surface area contributed by atoms with E-state index in [1.54, 1.807) is 60.7 Å². The molecule has 3 amide bonds. The fourth-order valence-electron chi connectivity index (χ4n) is 3.44. The molecule has 0 aromatic heterocycles. The molecule has 0 spiro atoms. The Balaban J connectivity index is 1.47. The van der Waals surface area contributed by atoms with Crippen molar-refractivity contribution in [1.29, 1.82) is 0 Å². The zero-order valence-corrected chi connectivity index (χ0v) is 18.2. The largest absolute Gasteiger partial charge is 0.494 e. The fraction of sp³-hybridized carbons (Fsp3) is 0.167. The first-order valence-corrected chi connectivity index (χ1v) is 11.2. The van der Waals surface area contributed by atoms with Crippen molar-refractivity contribution in [3.63, 3.8) is 0 Å². The van der Waals surface area contributed by atoms with Crippen molar-refractivity contribution in [3.05, 3.63) is 84.2 Å². The Kier molecular flexibility index (Phi) is 6.61. The highest BCUT2D eigenvalue weighted by Crippen LogP contribution is 2.42. The van der Waals surface area contributed by atoms with Gasteiger partial charge >= 0.3 is 6.03 Å². The smallest absolute Gasteiger partial charge is 0.323 e. The first-order valence-electron chi connectivity index (χ1n) is 10.1. The maximum atomic E-state index is 14.4. The third-order valence-corrected chi connectivity index (χ3v) is 6.05. The molecule has 2 N–H and O–H groups in total. The molecule has 1 heterocycles. The molecule has 32 heavy (non-hydrogen) atoms. The summed E-state index contributed by atoms with van der Waals surface area (Å²) in [5, 5.41) is 5.20. The molecule has 1 saturated heterocycles. The summed E-state index contributed by atoms with van der Waals surface area (Å²) in [7, 11) is 0. The number of ether oxygens (including phenoxy) is 1. The van der Waals surface area contributed by atoms with Crippen LogP contribution in [-0.4, -0.2) is 24.3 Å². The molecule has 1 fully saturated rings. The monoisotopic (exact) mass is 451 g/mol. The van der Waals surface area contributed by atoms with E-state index in [1.165, 1.54) is 22.7 Å². The van der Waals surface area contributed by atoms with Gasteiger partial charge in [-0.25, -0.2) is 9.18 Å². The van der Waals surface area contributed by atoms with E-state index in [9.17, 15) is 14.0 Å². The SMILES string of the molecule is CCOc1ccc(NC(=O)Nc2cccc([C@H]3SCC(=O)N3c3ccccc3F)c2)cc1. The molecular weight excluding hydrogens is 429 g/mol. The van der Waals surface area contributed by atoms with Gasteiger partial charge < -0.3 is 15.4 Å². The van der Waals surface area contributed by atoms with E-state index >= 15 is 0 Å². The molecule has 0 radical (unpaired) electrons. The fourth-order valence-corrected chi connectivity index (χ4v) is 4.60. The third kappa shape index (κ3) is 4.86. The lowest BCUT2D eigenvalue weighted by atomic mass is 10.1. The zero-order valence-electron chi connectivity index (χ0n) is 17.4. The number of nitrogens with one attached hydrogen (secondary N) is 2. The summed E-state index contributed by atoms with van der Waals surface area (Å²) in [4.78, 5) is 26.4. The summed E-state index contributed by atoms with van der Waals surface area (Å²) in [5.74, 6) is 0.387. The Morgan fingerprint density at radius 2 is 1.81 bits per heavy atom. The topological polar surface area (TPSA) is 70.7 Å². The Hall–Kier alpha value is -3.52. The minimum atomic E-state index is -0.447. The molecule has 3 aromatic rings. The number of carbonyl (C=O) groups excluding carboxylic acids is 2. The number of hydrogen-bond donors (Lipinski definition) is 2. The lowest BCUT2D eigenvalue weighted by Gasteiger charge is -2.25. The third-order valence-electron chi connectivity index (χ3n) is 4.83. The highest BCUT2D eigenvalue weighted by molar-refractivity contribution is 8.00. The Bertz CT molecular complexity index is 1120. The van der Waals surface area contributed by atoms with Gasteiger partial charge in [0.15, 0.2) is 0 Å². The van der Waals surface area contributed by atoms with Crippen LogP contribution in [0.4, 0.5) is 26.2 Å². The number of nitrogens with zero attached hydrogens (tertiary/aromatic N) is 1. The van der Waals surface area contributed by atoms with E-state index in [-0.39, 0.29) is 22.7 Å². The van der Waals surface area contributed by atoms with Crippen LogP contribution in [-0.2, 0) is 4.79 Å². The molecule has 1 aliphatic rings. The maximum Gasteiger partial charge on any atom is 0.323 e. The number of rotatable bonds is 6. The highest BCUT2D eigenvalue weighted by Gasteiger charge is 2.35. The normalized spacial score (nSPS) is 15.5. The number of benzene rings is 3. The van der Waals surface area contributed by atoms with Crippen molar-refractivity contribution in [2.24, 2.45) is 0 Å². The average Bonchev–Trinajstić information content (AvgIpc) is 3.17. The second-order valence-corrected chi connectivity index (χ2v) is 8.11. The van der Waals surface area contributed by atoms with Gasteiger partial charge in [-0.05, 0) is 61.0 Å². The van der Waals surface area contributed by atoms with Crippen LogP contribution in [0.3, 0.4) is 0 Å². The van der Waals surface area contributed by atoms with Crippen LogP contribution in [0.1, 0.15) is 17.9 Å². The minimum absolute atomic E-state index is 0.156. The van der Waals surface area contributed by atoms with Gasteiger partial charge in [0, 0.05) is 11.4 Å². The number of para-hydroxylation sites is 1. The Morgan fingerprint density at radius 1 is 1.06 bits per heavy atom. The number of carbonyl (C=O) groups is 2. The number of hydrogen-bond acceptors (Lipinski definition) is 4. The van der Waals surface area contributed by atoms with E-state index in [0.717, 1.165) is 11.3 Å². The lowest BCUT2D eigenvalue weighted by molar-refractivity contribution is -0.115. The number of thioether (sulfide) groups is 1. The molecule has 1 atom stereocenters. The van der Waals surface area contributed by atoms with Gasteiger partial charge in [-0.2, -0.15) is 0 Å². The van der Waals surface area contributed by atoms with Gasteiger partial charge in [0.25, 0.3) is 0 Å². The summed E-state index contributed by atoms with van der Waals surface area (Å²) >= 11 is 1.42. The van der Waals surface area contributed by atoms with Crippen molar-refractivity contribution in [1.82, 2.24) is 0 Å². The van der Waals surface area contributed by atoms with E-state index < -0.39 is 11.8 Å². The number of amides is 3. The molecule has 8 heteroatoms. The standard InChI is InChI=1S/C24H22FN3O3S/c1-2-31-19-12-10-17(11-13-19)26-24(30)27-18-7-5-6-16(14-18)23-28(22(29)15-32-23)21-9-4-3-8-20(21)25/h3-14,23H,2,15H2,1H3,(H2,26,27,30)/t23-/m1/s1. The predicted octanol–water partition coefficient (Wildman–Crippen LogP) is 5.65. The van der Waals surface area contributed by atoms with Gasteiger partial charge in [0.1, 0.15) is 16.9 Å². The molecule has 1 aliphatic heterocycles. The van der Waals surface area contributed by atoms with Crippen LogP contribution in [0.25, 0.3) is 0 Å². The van der Waals surface area contributed by atoms with Crippen molar-refractivity contribution < 1.29 is 18.7 Å². The van der Waals surface area contributed by atoms with Crippen LogP contribution in [0.15, 0.2) is 72.8 Å². The van der Waals surface area contributed by atoms with Gasteiger partial charge in [-0.3, -0.25) is 9.69 Å². The molecular formula is C24H22FN3O3S. The lowest BCUT2D eigenvalue weighted by Crippen LogP contribution is -2.28. The number of anilines is 3. The Morgan fingerprint density at radius 3 is 2.56 bits per heavy atom. The molecule has 4 rings (SSSR count). The van der Waals surface area contributed by atoms with Crippen LogP contribution < -0.4 is 20.3 Å². The molecule has 0 saturated carbocycles. The van der Waals surface area contributed by atoms with E-state index in [4.69, 9.17) is 4.74 Å². The quantitative estimate of drug-likeness (QED) is 0.508. The van der Waals surface area contributed by atoms with Crippen molar-refractivity contribution in [3.8, 4) is 5.75 Å². The molecule has 0 unspecified atom stereocenters. The molecule has 0 aliphatic carbocycles. The van der Waals surface area contributed by atoms with Gasteiger partial charge in [0.2, 0.25) is 5.91 Å². The summed E-state index contributed by atoms with van der Waals surface area (Å²) < 4.78 is 19.8. The minimum Gasteiger partial charge on any atom is -0.494 e. The highest BCUT2D eigenvalue weighted by atomic mass is 32.2. The molecule has 164 valence electrons. The first-order chi connectivity index (χ1) is 15.5. The molecule has 6 nitrogen and oxygen atoms in total.